The van der Waals surface area contributed by atoms with E-state index in [0.717, 1.165) is 31.9 Å². The zero-order valence-corrected chi connectivity index (χ0v) is 12.0. The summed E-state index contributed by atoms with van der Waals surface area (Å²) in [6, 6.07) is 0. The van der Waals surface area contributed by atoms with E-state index in [1.165, 1.54) is 25.9 Å². The number of unbranched alkanes of at least 4 members (excludes halogenated alkanes) is 1. The van der Waals surface area contributed by atoms with Crippen molar-refractivity contribution in [3.8, 4) is 0 Å². The Balaban J connectivity index is 1.95. The largest absolute Gasteiger partial charge is 0.389 e. The van der Waals surface area contributed by atoms with Gasteiger partial charge < -0.3 is 20.1 Å². The van der Waals surface area contributed by atoms with Crippen LogP contribution in [0.25, 0.3) is 0 Å². The molecule has 0 aromatic rings. The van der Waals surface area contributed by atoms with Gasteiger partial charge >= 0.3 is 0 Å². The van der Waals surface area contributed by atoms with Gasteiger partial charge in [0.25, 0.3) is 0 Å². The molecule has 0 amide bonds. The highest BCUT2D eigenvalue weighted by Crippen LogP contribution is 2.13. The number of nitrogens with one attached hydrogen (secondary N) is 1. The highest BCUT2D eigenvalue weighted by molar-refractivity contribution is 4.73. The van der Waals surface area contributed by atoms with Gasteiger partial charge in [-0.1, -0.05) is 13.3 Å². The maximum Gasteiger partial charge on any atom is 0.0897 e. The van der Waals surface area contributed by atoms with Crippen molar-refractivity contribution in [1.82, 2.24) is 10.2 Å². The molecule has 0 bridgehead atoms. The van der Waals surface area contributed by atoms with E-state index in [0.29, 0.717) is 13.2 Å². The predicted octanol–water partition coefficient (Wildman–Crippen LogP) is 1.10. The van der Waals surface area contributed by atoms with Crippen molar-refractivity contribution in [2.24, 2.45) is 5.92 Å². The van der Waals surface area contributed by atoms with Crippen LogP contribution >= 0.6 is 0 Å². The molecule has 1 aliphatic rings. The molecule has 1 rings (SSSR count). The van der Waals surface area contributed by atoms with Crippen molar-refractivity contribution >= 4 is 0 Å². The van der Waals surface area contributed by atoms with Crippen molar-refractivity contribution in [1.29, 1.82) is 0 Å². The number of piperidine rings is 1. The normalized spacial score (nSPS) is 23.2. The number of ether oxygens (including phenoxy) is 1. The fraction of sp³-hybridized carbons (Fsp3) is 1.00. The fourth-order valence-corrected chi connectivity index (χ4v) is 2.42. The van der Waals surface area contributed by atoms with Crippen LogP contribution in [-0.4, -0.2) is 62.6 Å². The second-order valence-corrected chi connectivity index (χ2v) is 5.51. The summed E-state index contributed by atoms with van der Waals surface area (Å²) in [7, 11) is 2.18. The Morgan fingerprint density at radius 1 is 1.50 bits per heavy atom. The molecule has 2 N–H and O–H groups in total. The number of likely N-dealkylation sites (tertiary alicyclic amines) is 1. The van der Waals surface area contributed by atoms with Gasteiger partial charge in [0, 0.05) is 19.7 Å². The summed E-state index contributed by atoms with van der Waals surface area (Å²) < 4.78 is 5.40. The Hall–Kier alpha value is -0.160. The maximum absolute atomic E-state index is 9.73. The summed E-state index contributed by atoms with van der Waals surface area (Å²) >= 11 is 0. The lowest BCUT2D eigenvalue weighted by molar-refractivity contribution is 0.0351. The summed E-state index contributed by atoms with van der Waals surface area (Å²) in [6.45, 7) is 7.42. The molecule has 0 aromatic heterocycles. The molecule has 4 heteroatoms. The first-order valence-electron chi connectivity index (χ1n) is 7.37. The van der Waals surface area contributed by atoms with Gasteiger partial charge in [-0.25, -0.2) is 0 Å². The first-order chi connectivity index (χ1) is 8.72. The zero-order chi connectivity index (χ0) is 13.2. The minimum absolute atomic E-state index is 0.372. The van der Waals surface area contributed by atoms with Crippen LogP contribution in [0.4, 0.5) is 0 Å². The van der Waals surface area contributed by atoms with E-state index in [1.807, 2.05) is 0 Å². The van der Waals surface area contributed by atoms with Crippen LogP contribution in [0.3, 0.4) is 0 Å². The number of aliphatic hydroxyl groups excluding tert-OH is 1. The van der Waals surface area contributed by atoms with Crippen LogP contribution < -0.4 is 5.32 Å². The Morgan fingerprint density at radius 3 is 3.06 bits per heavy atom. The van der Waals surface area contributed by atoms with Gasteiger partial charge in [-0.15, -0.1) is 0 Å². The van der Waals surface area contributed by atoms with Crippen molar-refractivity contribution < 1.29 is 9.84 Å². The molecular weight excluding hydrogens is 228 g/mol. The minimum Gasteiger partial charge on any atom is -0.389 e. The monoisotopic (exact) mass is 258 g/mol. The average molecular weight is 258 g/mol. The van der Waals surface area contributed by atoms with E-state index in [-0.39, 0.29) is 6.10 Å². The fourth-order valence-electron chi connectivity index (χ4n) is 2.42. The van der Waals surface area contributed by atoms with E-state index in [2.05, 4.69) is 24.2 Å². The number of aliphatic hydroxyl groups is 1. The van der Waals surface area contributed by atoms with Crippen molar-refractivity contribution in [3.05, 3.63) is 0 Å². The summed E-state index contributed by atoms with van der Waals surface area (Å²) in [4.78, 5) is 2.39. The molecule has 2 atom stereocenters. The Labute approximate surface area is 112 Å². The van der Waals surface area contributed by atoms with Crippen LogP contribution in [0, 0.1) is 5.92 Å². The van der Waals surface area contributed by atoms with Crippen molar-refractivity contribution in [2.75, 3.05) is 46.4 Å². The number of rotatable bonds is 9. The summed E-state index contributed by atoms with van der Waals surface area (Å²) in [5.74, 6) is 0.733. The van der Waals surface area contributed by atoms with Crippen LogP contribution in [0.1, 0.15) is 32.6 Å². The van der Waals surface area contributed by atoms with Crippen molar-refractivity contribution in [3.63, 3.8) is 0 Å². The molecule has 2 unspecified atom stereocenters. The Morgan fingerprint density at radius 2 is 2.33 bits per heavy atom. The molecule has 18 heavy (non-hydrogen) atoms. The van der Waals surface area contributed by atoms with Crippen LogP contribution in [0.2, 0.25) is 0 Å². The summed E-state index contributed by atoms with van der Waals surface area (Å²) in [5.41, 5.74) is 0. The number of nitrogens with zero attached hydrogens (tertiary/aromatic N) is 1. The molecule has 108 valence electrons. The van der Waals surface area contributed by atoms with E-state index in [4.69, 9.17) is 4.74 Å². The van der Waals surface area contributed by atoms with E-state index < -0.39 is 0 Å². The van der Waals surface area contributed by atoms with Crippen molar-refractivity contribution in [2.45, 2.75) is 38.7 Å². The van der Waals surface area contributed by atoms with Gasteiger partial charge in [-0.3, -0.25) is 0 Å². The van der Waals surface area contributed by atoms with Gasteiger partial charge in [0.1, 0.15) is 0 Å². The molecule has 1 aliphatic heterocycles. The number of hydrogen-bond acceptors (Lipinski definition) is 4. The first-order valence-corrected chi connectivity index (χ1v) is 7.37. The second-order valence-electron chi connectivity index (χ2n) is 5.51. The van der Waals surface area contributed by atoms with E-state index >= 15 is 0 Å². The minimum atomic E-state index is -0.372. The number of hydrogen-bond donors (Lipinski definition) is 2. The lowest BCUT2D eigenvalue weighted by Crippen LogP contribution is -2.40. The molecule has 0 radical (unpaired) electrons. The SMILES string of the molecule is CCCCOCC(O)CNCC1CCCN(C)C1. The lowest BCUT2D eigenvalue weighted by atomic mass is 9.98. The van der Waals surface area contributed by atoms with E-state index in [1.54, 1.807) is 0 Å². The molecule has 0 aromatic carbocycles. The second kappa shape index (κ2) is 9.73. The van der Waals surface area contributed by atoms with Gasteiger partial charge in [-0.2, -0.15) is 0 Å². The van der Waals surface area contributed by atoms with Gasteiger partial charge in [0.2, 0.25) is 0 Å². The standard InChI is InChI=1S/C14H30N2O2/c1-3-4-8-18-12-14(17)10-15-9-13-6-5-7-16(2)11-13/h13-15,17H,3-12H2,1-2H3. The molecule has 1 saturated heterocycles. The molecule has 0 saturated carbocycles. The average Bonchev–Trinajstić information content (AvgIpc) is 2.35. The zero-order valence-electron chi connectivity index (χ0n) is 12.0. The van der Waals surface area contributed by atoms with Crippen LogP contribution in [0.5, 0.6) is 0 Å². The Bertz CT molecular complexity index is 202. The lowest BCUT2D eigenvalue weighted by Gasteiger charge is -2.30. The molecule has 4 nitrogen and oxygen atoms in total. The Kier molecular flexibility index (Phi) is 8.59. The molecule has 0 spiro atoms. The van der Waals surface area contributed by atoms with E-state index in [9.17, 15) is 5.11 Å². The maximum atomic E-state index is 9.73. The van der Waals surface area contributed by atoms with Gasteiger partial charge in [0.15, 0.2) is 0 Å². The highest BCUT2D eigenvalue weighted by atomic mass is 16.5. The third kappa shape index (κ3) is 7.31. The predicted molar refractivity (Wildman–Crippen MR) is 74.8 cm³/mol. The molecule has 1 fully saturated rings. The van der Waals surface area contributed by atoms with Crippen LogP contribution in [-0.2, 0) is 4.74 Å². The summed E-state index contributed by atoms with van der Waals surface area (Å²) in [6.07, 6.45) is 4.45. The van der Waals surface area contributed by atoms with Crippen LogP contribution in [0.15, 0.2) is 0 Å². The molecular formula is C14H30N2O2. The molecule has 1 heterocycles. The highest BCUT2D eigenvalue weighted by Gasteiger charge is 2.16. The summed E-state index contributed by atoms with van der Waals surface area (Å²) in [5, 5.41) is 13.1. The quantitative estimate of drug-likeness (QED) is 0.608. The topological polar surface area (TPSA) is 44.7 Å². The smallest absolute Gasteiger partial charge is 0.0897 e. The third-order valence-electron chi connectivity index (χ3n) is 3.49. The third-order valence-corrected chi connectivity index (χ3v) is 3.49. The first kappa shape index (κ1) is 15.9. The van der Waals surface area contributed by atoms with Gasteiger partial charge in [0.05, 0.1) is 12.7 Å². The molecule has 0 aliphatic carbocycles. The van der Waals surface area contributed by atoms with Gasteiger partial charge in [-0.05, 0) is 45.3 Å².